The summed E-state index contributed by atoms with van der Waals surface area (Å²) in [5.41, 5.74) is 0. The first kappa shape index (κ1) is 12.9. The van der Waals surface area contributed by atoms with Crippen LogP contribution in [-0.4, -0.2) is 22.2 Å². The van der Waals surface area contributed by atoms with Crippen molar-refractivity contribution in [2.75, 3.05) is 0 Å². The molecule has 4 heteroatoms. The van der Waals surface area contributed by atoms with E-state index in [1.165, 1.54) is 0 Å². The predicted octanol–water partition coefficient (Wildman–Crippen LogP) is 1.84. The first-order valence-corrected chi connectivity index (χ1v) is 4.78. The molecule has 0 rings (SSSR count). The van der Waals surface area contributed by atoms with Crippen LogP contribution in [0.1, 0.15) is 33.6 Å². The van der Waals surface area contributed by atoms with E-state index < -0.39 is 11.9 Å². The van der Waals surface area contributed by atoms with Crippen LogP contribution in [0.4, 0.5) is 0 Å². The summed E-state index contributed by atoms with van der Waals surface area (Å²) in [5, 5.41) is 17.2. The van der Waals surface area contributed by atoms with E-state index in [4.69, 9.17) is 10.2 Å². The van der Waals surface area contributed by atoms with Crippen LogP contribution in [0.25, 0.3) is 0 Å². The number of carboxylic acids is 2. The molecule has 0 saturated carbocycles. The van der Waals surface area contributed by atoms with Crippen LogP contribution < -0.4 is 0 Å². The Balaban J connectivity index is 4.09. The van der Waals surface area contributed by atoms with Gasteiger partial charge in [-0.25, -0.2) is 0 Å². The van der Waals surface area contributed by atoms with Gasteiger partial charge < -0.3 is 10.2 Å². The highest BCUT2D eigenvalue weighted by Crippen LogP contribution is 2.25. The van der Waals surface area contributed by atoms with E-state index in [-0.39, 0.29) is 30.6 Å². The third-order valence-corrected chi connectivity index (χ3v) is 2.79. The first-order chi connectivity index (χ1) is 6.34. The molecular formula is C10H18O4. The largest absolute Gasteiger partial charge is 0.481 e. The van der Waals surface area contributed by atoms with Crippen LogP contribution in [0.15, 0.2) is 0 Å². The molecule has 82 valence electrons. The molecule has 0 aromatic heterocycles. The third-order valence-electron chi connectivity index (χ3n) is 2.79. The van der Waals surface area contributed by atoms with Crippen molar-refractivity contribution in [2.24, 2.45) is 17.8 Å². The minimum Gasteiger partial charge on any atom is -0.481 e. The molecule has 0 fully saturated rings. The molecule has 0 bridgehead atoms. The number of hydrogen-bond acceptors (Lipinski definition) is 2. The number of hydrogen-bond donors (Lipinski definition) is 2. The first-order valence-electron chi connectivity index (χ1n) is 4.78. The predicted molar refractivity (Wildman–Crippen MR) is 52.0 cm³/mol. The zero-order chi connectivity index (χ0) is 11.3. The summed E-state index contributed by atoms with van der Waals surface area (Å²) < 4.78 is 0. The van der Waals surface area contributed by atoms with E-state index in [1.54, 1.807) is 0 Å². The van der Waals surface area contributed by atoms with Crippen LogP contribution in [0.2, 0.25) is 0 Å². The van der Waals surface area contributed by atoms with Gasteiger partial charge in [0.25, 0.3) is 0 Å². The second-order valence-electron chi connectivity index (χ2n) is 4.01. The molecule has 2 N–H and O–H groups in total. The Bertz CT molecular complexity index is 190. The normalized spacial score (nSPS) is 17.1. The molecule has 0 radical (unpaired) electrons. The van der Waals surface area contributed by atoms with Gasteiger partial charge in [-0.15, -0.1) is 0 Å². The van der Waals surface area contributed by atoms with Crippen LogP contribution >= 0.6 is 0 Å². The summed E-state index contributed by atoms with van der Waals surface area (Å²) >= 11 is 0. The Labute approximate surface area is 83.9 Å². The summed E-state index contributed by atoms with van der Waals surface area (Å²) in [6.07, 6.45) is 0.205. The van der Waals surface area contributed by atoms with Crippen molar-refractivity contribution in [1.29, 1.82) is 0 Å². The molecular weight excluding hydrogens is 184 g/mol. The molecule has 4 nitrogen and oxygen atoms in total. The number of carboxylic acid groups (broad SMARTS) is 2. The minimum atomic E-state index is -0.827. The van der Waals surface area contributed by atoms with E-state index in [9.17, 15) is 9.59 Å². The van der Waals surface area contributed by atoms with Gasteiger partial charge in [0.15, 0.2) is 0 Å². The lowest BCUT2D eigenvalue weighted by Gasteiger charge is -2.23. The average molecular weight is 202 g/mol. The molecule has 0 heterocycles. The quantitative estimate of drug-likeness (QED) is 0.689. The second-order valence-corrected chi connectivity index (χ2v) is 4.01. The molecule has 0 aromatic carbocycles. The zero-order valence-electron chi connectivity index (χ0n) is 8.86. The summed E-state index contributed by atoms with van der Waals surface area (Å²) in [4.78, 5) is 20.9. The molecule has 14 heavy (non-hydrogen) atoms. The number of carbonyl (C=O) groups is 2. The smallest absolute Gasteiger partial charge is 0.303 e. The summed E-state index contributed by atoms with van der Waals surface area (Å²) in [6, 6.07) is 0. The van der Waals surface area contributed by atoms with Crippen molar-refractivity contribution >= 4 is 11.9 Å². The molecule has 0 saturated heterocycles. The summed E-state index contributed by atoms with van der Waals surface area (Å²) in [6.45, 7) is 5.59. The van der Waals surface area contributed by atoms with Crippen LogP contribution in [0, 0.1) is 17.8 Å². The molecule has 0 aliphatic rings. The zero-order valence-corrected chi connectivity index (χ0v) is 8.86. The van der Waals surface area contributed by atoms with Crippen molar-refractivity contribution in [3.05, 3.63) is 0 Å². The average Bonchev–Trinajstić information content (AvgIpc) is 2.00. The maximum atomic E-state index is 10.4. The van der Waals surface area contributed by atoms with E-state index >= 15 is 0 Å². The van der Waals surface area contributed by atoms with Gasteiger partial charge in [-0.3, -0.25) is 9.59 Å². The van der Waals surface area contributed by atoms with Crippen molar-refractivity contribution in [2.45, 2.75) is 33.6 Å². The Morgan fingerprint density at radius 1 is 0.929 bits per heavy atom. The maximum Gasteiger partial charge on any atom is 0.303 e. The number of aliphatic carboxylic acids is 2. The van der Waals surface area contributed by atoms with Crippen molar-refractivity contribution in [1.82, 2.24) is 0 Å². The lowest BCUT2D eigenvalue weighted by Crippen LogP contribution is -2.21. The number of rotatable bonds is 6. The SMILES string of the molecule is CC(CC(=O)O)C(C)C(C)CC(=O)O. The molecule has 0 amide bonds. The van der Waals surface area contributed by atoms with Crippen LogP contribution in [0.3, 0.4) is 0 Å². The second kappa shape index (κ2) is 5.62. The van der Waals surface area contributed by atoms with Gasteiger partial charge in [0, 0.05) is 12.8 Å². The fourth-order valence-corrected chi connectivity index (χ4v) is 1.48. The molecule has 0 aliphatic carbocycles. The highest BCUT2D eigenvalue weighted by atomic mass is 16.4. The Kier molecular flexibility index (Phi) is 5.20. The van der Waals surface area contributed by atoms with Gasteiger partial charge in [0.2, 0.25) is 0 Å². The van der Waals surface area contributed by atoms with Crippen molar-refractivity contribution < 1.29 is 19.8 Å². The van der Waals surface area contributed by atoms with Gasteiger partial charge in [-0.05, 0) is 17.8 Å². The van der Waals surface area contributed by atoms with Gasteiger partial charge in [-0.1, -0.05) is 20.8 Å². The summed E-state index contributed by atoms with van der Waals surface area (Å²) in [5.74, 6) is -1.51. The fraction of sp³-hybridized carbons (Fsp3) is 0.800. The highest BCUT2D eigenvalue weighted by molar-refractivity contribution is 5.67. The molecule has 0 aliphatic heterocycles. The van der Waals surface area contributed by atoms with Crippen LogP contribution in [0.5, 0.6) is 0 Å². The van der Waals surface area contributed by atoms with Crippen molar-refractivity contribution in [3.63, 3.8) is 0 Å². The summed E-state index contributed by atoms with van der Waals surface area (Å²) in [7, 11) is 0. The Hall–Kier alpha value is -1.06. The lowest BCUT2D eigenvalue weighted by molar-refractivity contribution is -0.138. The highest BCUT2D eigenvalue weighted by Gasteiger charge is 2.22. The molecule has 2 atom stereocenters. The lowest BCUT2D eigenvalue weighted by atomic mass is 9.82. The van der Waals surface area contributed by atoms with E-state index in [1.807, 2.05) is 20.8 Å². The molecule has 0 spiro atoms. The van der Waals surface area contributed by atoms with Gasteiger partial charge >= 0.3 is 11.9 Å². The molecule has 2 unspecified atom stereocenters. The van der Waals surface area contributed by atoms with E-state index in [2.05, 4.69) is 0 Å². The van der Waals surface area contributed by atoms with Crippen molar-refractivity contribution in [3.8, 4) is 0 Å². The Morgan fingerprint density at radius 2 is 1.21 bits per heavy atom. The minimum absolute atomic E-state index is 0.0156. The maximum absolute atomic E-state index is 10.4. The van der Waals surface area contributed by atoms with Crippen LogP contribution in [-0.2, 0) is 9.59 Å². The monoisotopic (exact) mass is 202 g/mol. The van der Waals surface area contributed by atoms with E-state index in [0.717, 1.165) is 0 Å². The topological polar surface area (TPSA) is 74.6 Å². The molecule has 0 aromatic rings. The fourth-order valence-electron chi connectivity index (χ4n) is 1.48. The third kappa shape index (κ3) is 4.84. The van der Waals surface area contributed by atoms with Gasteiger partial charge in [-0.2, -0.15) is 0 Å². The van der Waals surface area contributed by atoms with E-state index in [0.29, 0.717) is 0 Å². The van der Waals surface area contributed by atoms with Gasteiger partial charge in [0.1, 0.15) is 0 Å². The van der Waals surface area contributed by atoms with Gasteiger partial charge in [0.05, 0.1) is 0 Å². The Morgan fingerprint density at radius 3 is 1.43 bits per heavy atom. The standard InChI is InChI=1S/C10H18O4/c1-6(4-9(11)12)8(3)7(2)5-10(13)14/h6-8H,4-5H2,1-3H3,(H,11,12)(H,13,14).